The zero-order valence-corrected chi connectivity index (χ0v) is 15.8. The highest BCUT2D eigenvalue weighted by molar-refractivity contribution is 6.04. The molecule has 3 aromatic rings. The van der Waals surface area contributed by atoms with Crippen LogP contribution in [-0.2, 0) is 6.54 Å². The fraction of sp³-hybridized carbons (Fsp3) is 0.217. The van der Waals surface area contributed by atoms with Crippen LogP contribution in [0.3, 0.4) is 0 Å². The summed E-state index contributed by atoms with van der Waals surface area (Å²) in [6.45, 7) is 5.39. The van der Waals surface area contributed by atoms with Crippen LogP contribution in [0.2, 0.25) is 0 Å². The van der Waals surface area contributed by atoms with Crippen molar-refractivity contribution in [3.63, 3.8) is 0 Å². The number of nitrogens with one attached hydrogen (secondary N) is 2. The number of rotatable bonds is 5. The molecule has 142 valence electrons. The van der Waals surface area contributed by atoms with Crippen molar-refractivity contribution in [2.24, 2.45) is 0 Å². The fourth-order valence-electron chi connectivity index (χ4n) is 3.60. The van der Waals surface area contributed by atoms with Crippen molar-refractivity contribution < 1.29 is 9.69 Å². The summed E-state index contributed by atoms with van der Waals surface area (Å²) in [6.07, 6.45) is 3.33. The zero-order valence-electron chi connectivity index (χ0n) is 15.8. The molecule has 1 fully saturated rings. The monoisotopic (exact) mass is 373 g/mol. The number of anilines is 2. The molecule has 1 saturated heterocycles. The number of aromatic nitrogens is 1. The predicted molar refractivity (Wildman–Crippen MR) is 112 cm³/mol. The van der Waals surface area contributed by atoms with E-state index >= 15 is 0 Å². The van der Waals surface area contributed by atoms with Crippen molar-refractivity contribution in [1.82, 2.24) is 4.98 Å². The van der Waals surface area contributed by atoms with E-state index < -0.39 is 0 Å². The minimum atomic E-state index is -0.108. The lowest BCUT2D eigenvalue weighted by Gasteiger charge is -2.33. The third-order valence-corrected chi connectivity index (χ3v) is 5.18. The van der Waals surface area contributed by atoms with Crippen LogP contribution in [-0.4, -0.2) is 37.1 Å². The van der Waals surface area contributed by atoms with E-state index in [1.165, 1.54) is 11.3 Å². The molecule has 1 amide bonds. The number of benzene rings is 2. The van der Waals surface area contributed by atoms with Gasteiger partial charge < -0.3 is 15.1 Å². The largest absolute Gasteiger partial charge is 0.360 e. The standard InChI is InChI=1S/C23H24N4O/c28-23(25-21-5-4-12-24-17-21)20-10-8-19(9-11-20)18-26-13-15-27(16-14-26)22-6-2-1-3-7-22/h1-12,17H,13-16,18H2,(H,25,28)/p+1. The van der Waals surface area contributed by atoms with Crippen LogP contribution in [0.15, 0.2) is 79.1 Å². The summed E-state index contributed by atoms with van der Waals surface area (Å²) in [6, 6.07) is 22.2. The Morgan fingerprint density at radius 2 is 1.71 bits per heavy atom. The lowest BCUT2D eigenvalue weighted by molar-refractivity contribution is -0.914. The van der Waals surface area contributed by atoms with Gasteiger partial charge in [0, 0.05) is 23.0 Å². The molecule has 5 nitrogen and oxygen atoms in total. The number of carbonyl (C=O) groups excluding carboxylic acids is 1. The Morgan fingerprint density at radius 1 is 0.964 bits per heavy atom. The Labute approximate surface area is 165 Å². The minimum absolute atomic E-state index is 0.108. The first kappa shape index (κ1) is 18.2. The molecule has 2 N–H and O–H groups in total. The Morgan fingerprint density at radius 3 is 2.39 bits per heavy atom. The summed E-state index contributed by atoms with van der Waals surface area (Å²) in [5.74, 6) is -0.108. The maximum absolute atomic E-state index is 12.3. The molecule has 1 aliphatic heterocycles. The molecule has 1 aromatic heterocycles. The SMILES string of the molecule is O=C(Nc1cccnc1)c1ccc(C[NH+]2CCN(c3ccccc3)CC2)cc1. The van der Waals surface area contributed by atoms with Gasteiger partial charge in [0.15, 0.2) is 0 Å². The number of piperazine rings is 1. The van der Waals surface area contributed by atoms with E-state index in [1.807, 2.05) is 18.2 Å². The molecule has 0 radical (unpaired) electrons. The number of carbonyl (C=O) groups is 1. The molecule has 0 saturated carbocycles. The van der Waals surface area contributed by atoms with Crippen LogP contribution in [0.25, 0.3) is 0 Å². The Balaban J connectivity index is 1.30. The molecule has 0 bridgehead atoms. The maximum Gasteiger partial charge on any atom is 0.255 e. The number of para-hydroxylation sites is 1. The van der Waals surface area contributed by atoms with Crippen LogP contribution in [0.4, 0.5) is 11.4 Å². The lowest BCUT2D eigenvalue weighted by atomic mass is 10.1. The molecule has 2 heterocycles. The van der Waals surface area contributed by atoms with Crippen LogP contribution in [0.1, 0.15) is 15.9 Å². The van der Waals surface area contributed by atoms with Gasteiger partial charge in [-0.05, 0) is 36.4 Å². The van der Waals surface area contributed by atoms with Gasteiger partial charge in [0.05, 0.1) is 38.1 Å². The molecule has 0 unspecified atom stereocenters. The topological polar surface area (TPSA) is 49.7 Å². The van der Waals surface area contributed by atoms with E-state index in [9.17, 15) is 4.79 Å². The third kappa shape index (κ3) is 4.56. The summed E-state index contributed by atoms with van der Waals surface area (Å²) in [5.41, 5.74) is 3.94. The van der Waals surface area contributed by atoms with E-state index in [0.717, 1.165) is 32.7 Å². The van der Waals surface area contributed by atoms with Gasteiger partial charge >= 0.3 is 0 Å². The van der Waals surface area contributed by atoms with Crippen molar-refractivity contribution in [2.45, 2.75) is 6.54 Å². The summed E-state index contributed by atoms with van der Waals surface area (Å²) < 4.78 is 0. The summed E-state index contributed by atoms with van der Waals surface area (Å²) in [5, 5.41) is 2.87. The Bertz CT molecular complexity index is 889. The highest BCUT2D eigenvalue weighted by Crippen LogP contribution is 2.13. The molecular formula is C23H25N4O+. The number of hydrogen-bond donors (Lipinski definition) is 2. The van der Waals surface area contributed by atoms with E-state index in [4.69, 9.17) is 0 Å². The fourth-order valence-corrected chi connectivity index (χ4v) is 3.60. The lowest BCUT2D eigenvalue weighted by Crippen LogP contribution is -3.13. The van der Waals surface area contributed by atoms with Gasteiger partial charge in [0.25, 0.3) is 5.91 Å². The van der Waals surface area contributed by atoms with Crippen LogP contribution >= 0.6 is 0 Å². The second-order valence-electron chi connectivity index (χ2n) is 7.14. The summed E-state index contributed by atoms with van der Waals surface area (Å²) >= 11 is 0. The van der Waals surface area contributed by atoms with E-state index in [2.05, 4.69) is 57.7 Å². The quantitative estimate of drug-likeness (QED) is 0.721. The third-order valence-electron chi connectivity index (χ3n) is 5.18. The van der Waals surface area contributed by atoms with Gasteiger partial charge in [0.1, 0.15) is 6.54 Å². The average Bonchev–Trinajstić information content (AvgIpc) is 2.76. The molecule has 5 heteroatoms. The number of hydrogen-bond acceptors (Lipinski definition) is 3. The first-order valence-corrected chi connectivity index (χ1v) is 9.72. The van der Waals surface area contributed by atoms with Crippen molar-refractivity contribution in [3.05, 3.63) is 90.3 Å². The Hall–Kier alpha value is -3.18. The van der Waals surface area contributed by atoms with Gasteiger partial charge in [-0.1, -0.05) is 30.3 Å². The first-order valence-electron chi connectivity index (χ1n) is 9.72. The number of pyridine rings is 1. The zero-order chi connectivity index (χ0) is 19.2. The van der Waals surface area contributed by atoms with Gasteiger partial charge in [-0.2, -0.15) is 0 Å². The molecular weight excluding hydrogens is 348 g/mol. The Kier molecular flexibility index (Phi) is 5.64. The molecule has 2 aromatic carbocycles. The van der Waals surface area contributed by atoms with Gasteiger partial charge in [-0.3, -0.25) is 9.78 Å². The van der Waals surface area contributed by atoms with Gasteiger partial charge in [-0.15, -0.1) is 0 Å². The van der Waals surface area contributed by atoms with Crippen LogP contribution in [0, 0.1) is 0 Å². The number of nitrogens with zero attached hydrogens (tertiary/aromatic N) is 2. The summed E-state index contributed by atoms with van der Waals surface area (Å²) in [7, 11) is 0. The maximum atomic E-state index is 12.3. The highest BCUT2D eigenvalue weighted by Gasteiger charge is 2.20. The predicted octanol–water partition coefficient (Wildman–Crippen LogP) is 2.24. The van der Waals surface area contributed by atoms with Crippen molar-refractivity contribution >= 4 is 17.3 Å². The van der Waals surface area contributed by atoms with E-state index in [0.29, 0.717) is 11.3 Å². The molecule has 1 aliphatic rings. The van der Waals surface area contributed by atoms with Crippen molar-refractivity contribution in [2.75, 3.05) is 36.4 Å². The van der Waals surface area contributed by atoms with E-state index in [-0.39, 0.29) is 5.91 Å². The molecule has 0 spiro atoms. The average molecular weight is 373 g/mol. The normalized spacial score (nSPS) is 14.6. The van der Waals surface area contributed by atoms with Gasteiger partial charge in [0.2, 0.25) is 0 Å². The second kappa shape index (κ2) is 8.67. The molecule has 28 heavy (non-hydrogen) atoms. The van der Waals surface area contributed by atoms with E-state index in [1.54, 1.807) is 23.4 Å². The molecule has 0 atom stereocenters. The molecule has 4 rings (SSSR count). The van der Waals surface area contributed by atoms with Crippen LogP contribution < -0.4 is 15.1 Å². The van der Waals surface area contributed by atoms with Gasteiger partial charge in [-0.25, -0.2) is 0 Å². The second-order valence-corrected chi connectivity index (χ2v) is 7.14. The van der Waals surface area contributed by atoms with Crippen LogP contribution in [0.5, 0.6) is 0 Å². The van der Waals surface area contributed by atoms with Crippen molar-refractivity contribution in [3.8, 4) is 0 Å². The first-order chi connectivity index (χ1) is 13.8. The molecule has 0 aliphatic carbocycles. The summed E-state index contributed by atoms with van der Waals surface area (Å²) in [4.78, 5) is 20.4. The van der Waals surface area contributed by atoms with Crippen molar-refractivity contribution in [1.29, 1.82) is 0 Å². The number of amides is 1. The highest BCUT2D eigenvalue weighted by atomic mass is 16.1. The minimum Gasteiger partial charge on any atom is -0.360 e. The number of quaternary nitrogens is 1. The smallest absolute Gasteiger partial charge is 0.255 e.